The number of rotatable bonds is 3. The van der Waals surface area contributed by atoms with Gasteiger partial charge in [-0.15, -0.1) is 0 Å². The normalized spacial score (nSPS) is 24.6. The Morgan fingerprint density at radius 1 is 1.11 bits per heavy atom. The lowest BCUT2D eigenvalue weighted by Crippen LogP contribution is -2.30. The van der Waals surface area contributed by atoms with Crippen LogP contribution in [0.5, 0.6) is 0 Å². The number of hydrogen-bond donors (Lipinski definition) is 0. The summed E-state index contributed by atoms with van der Waals surface area (Å²) in [6.07, 6.45) is 8.14. The Balaban J connectivity index is 1.69. The molecule has 1 atom stereocenters. The van der Waals surface area contributed by atoms with Crippen molar-refractivity contribution in [3.8, 4) is 0 Å². The maximum atomic E-state index is 4.49. The second-order valence-electron chi connectivity index (χ2n) is 6.11. The molecule has 1 aromatic rings. The molecule has 1 aliphatic heterocycles. The van der Waals surface area contributed by atoms with Crippen molar-refractivity contribution in [2.45, 2.75) is 44.1 Å². The molecule has 0 bridgehead atoms. The summed E-state index contributed by atoms with van der Waals surface area (Å²) < 4.78 is 0. The zero-order valence-electron chi connectivity index (χ0n) is 12.0. The molecule has 1 saturated carbocycles. The van der Waals surface area contributed by atoms with E-state index in [9.17, 15) is 0 Å². The van der Waals surface area contributed by atoms with Crippen LogP contribution in [-0.2, 0) is 0 Å². The Hall–Kier alpha value is -1.16. The first-order valence-electron chi connectivity index (χ1n) is 7.47. The number of hydrogen-bond acceptors (Lipinski definition) is 4. The summed E-state index contributed by atoms with van der Waals surface area (Å²) in [6.45, 7) is 2.25. The highest BCUT2D eigenvalue weighted by molar-refractivity contribution is 5.40. The van der Waals surface area contributed by atoms with Gasteiger partial charge in [-0.25, -0.2) is 9.97 Å². The first-order chi connectivity index (χ1) is 9.24. The van der Waals surface area contributed by atoms with Gasteiger partial charge >= 0.3 is 0 Å². The van der Waals surface area contributed by atoms with Crippen molar-refractivity contribution >= 4 is 5.82 Å². The van der Waals surface area contributed by atoms with E-state index in [2.05, 4.69) is 39.9 Å². The molecular formula is C15H24N4. The molecule has 0 amide bonds. The molecule has 2 fully saturated rings. The van der Waals surface area contributed by atoms with Gasteiger partial charge in [-0.1, -0.05) is 0 Å². The summed E-state index contributed by atoms with van der Waals surface area (Å²) in [5.74, 6) is 1.85. The van der Waals surface area contributed by atoms with Crippen LogP contribution in [0.4, 0.5) is 5.82 Å². The van der Waals surface area contributed by atoms with E-state index in [1.807, 2.05) is 0 Å². The standard InChI is InChI=1S/C15H24N4/c1-18(2)13-4-3-8-19(9-7-13)15-10-14(12-5-6-12)16-11-17-15/h10-13H,3-9H2,1-2H3/t13-/m1/s1. The second kappa shape index (κ2) is 5.45. The van der Waals surface area contributed by atoms with Crippen LogP contribution in [0, 0.1) is 0 Å². The Morgan fingerprint density at radius 2 is 1.95 bits per heavy atom. The Labute approximate surface area is 115 Å². The maximum absolute atomic E-state index is 4.49. The molecule has 0 aromatic carbocycles. The molecule has 4 nitrogen and oxygen atoms in total. The van der Waals surface area contributed by atoms with E-state index < -0.39 is 0 Å². The highest BCUT2D eigenvalue weighted by Crippen LogP contribution is 2.39. The van der Waals surface area contributed by atoms with Gasteiger partial charge in [0.05, 0.1) is 0 Å². The second-order valence-corrected chi connectivity index (χ2v) is 6.11. The van der Waals surface area contributed by atoms with Crippen molar-refractivity contribution < 1.29 is 0 Å². The van der Waals surface area contributed by atoms with Crippen LogP contribution in [0.2, 0.25) is 0 Å². The molecule has 4 heteroatoms. The van der Waals surface area contributed by atoms with Crippen molar-refractivity contribution in [2.75, 3.05) is 32.1 Å². The first-order valence-corrected chi connectivity index (χ1v) is 7.47. The van der Waals surface area contributed by atoms with Crippen LogP contribution in [0.15, 0.2) is 12.4 Å². The molecule has 0 spiro atoms. The molecule has 2 heterocycles. The average molecular weight is 260 g/mol. The molecule has 3 rings (SSSR count). The number of anilines is 1. The zero-order valence-corrected chi connectivity index (χ0v) is 12.0. The summed E-state index contributed by atoms with van der Waals surface area (Å²) in [5.41, 5.74) is 1.25. The van der Waals surface area contributed by atoms with Gasteiger partial charge < -0.3 is 9.80 Å². The quantitative estimate of drug-likeness (QED) is 0.834. The van der Waals surface area contributed by atoms with E-state index in [1.165, 1.54) is 37.8 Å². The lowest BCUT2D eigenvalue weighted by Gasteiger charge is -2.24. The molecule has 0 N–H and O–H groups in total. The summed E-state index contributed by atoms with van der Waals surface area (Å²) in [4.78, 5) is 13.7. The molecule has 1 aromatic heterocycles. The van der Waals surface area contributed by atoms with E-state index in [4.69, 9.17) is 0 Å². The van der Waals surface area contributed by atoms with Crippen LogP contribution in [0.3, 0.4) is 0 Å². The van der Waals surface area contributed by atoms with Gasteiger partial charge in [0.15, 0.2) is 0 Å². The van der Waals surface area contributed by atoms with Gasteiger partial charge in [0.25, 0.3) is 0 Å². The monoisotopic (exact) mass is 260 g/mol. The van der Waals surface area contributed by atoms with Crippen molar-refractivity contribution in [1.82, 2.24) is 14.9 Å². The lowest BCUT2D eigenvalue weighted by atomic mass is 10.1. The van der Waals surface area contributed by atoms with Crippen LogP contribution >= 0.6 is 0 Å². The van der Waals surface area contributed by atoms with Gasteiger partial charge in [-0.2, -0.15) is 0 Å². The van der Waals surface area contributed by atoms with E-state index >= 15 is 0 Å². The van der Waals surface area contributed by atoms with Gasteiger partial charge in [-0.05, 0) is 46.2 Å². The predicted molar refractivity (Wildman–Crippen MR) is 77.5 cm³/mol. The predicted octanol–water partition coefficient (Wildman–Crippen LogP) is 2.27. The molecular weight excluding hydrogens is 236 g/mol. The summed E-state index contributed by atoms with van der Waals surface area (Å²) in [6, 6.07) is 2.93. The number of aromatic nitrogens is 2. The fourth-order valence-corrected chi connectivity index (χ4v) is 2.96. The topological polar surface area (TPSA) is 32.3 Å². The fraction of sp³-hybridized carbons (Fsp3) is 0.733. The van der Waals surface area contributed by atoms with Gasteiger partial charge in [0, 0.05) is 36.8 Å². The molecule has 2 aliphatic rings. The highest BCUT2D eigenvalue weighted by Gasteiger charge is 2.26. The minimum Gasteiger partial charge on any atom is -0.356 e. The van der Waals surface area contributed by atoms with Crippen LogP contribution in [0.1, 0.15) is 43.7 Å². The average Bonchev–Trinajstić information content (AvgIpc) is 3.25. The van der Waals surface area contributed by atoms with Crippen LogP contribution in [0.25, 0.3) is 0 Å². The van der Waals surface area contributed by atoms with E-state index in [1.54, 1.807) is 6.33 Å². The van der Waals surface area contributed by atoms with Crippen LogP contribution in [-0.4, -0.2) is 48.1 Å². The third-order valence-electron chi connectivity index (χ3n) is 4.42. The Bertz CT molecular complexity index is 428. The first kappa shape index (κ1) is 12.9. The van der Waals surface area contributed by atoms with Gasteiger partial charge in [-0.3, -0.25) is 0 Å². The van der Waals surface area contributed by atoms with Crippen molar-refractivity contribution in [3.05, 3.63) is 18.1 Å². The maximum Gasteiger partial charge on any atom is 0.132 e. The van der Waals surface area contributed by atoms with E-state index in [-0.39, 0.29) is 0 Å². The van der Waals surface area contributed by atoms with Crippen molar-refractivity contribution in [3.63, 3.8) is 0 Å². The summed E-state index contributed by atoms with van der Waals surface area (Å²) in [5, 5.41) is 0. The summed E-state index contributed by atoms with van der Waals surface area (Å²) in [7, 11) is 4.38. The minimum atomic E-state index is 0.711. The fourth-order valence-electron chi connectivity index (χ4n) is 2.96. The molecule has 19 heavy (non-hydrogen) atoms. The molecule has 104 valence electrons. The van der Waals surface area contributed by atoms with Crippen molar-refractivity contribution in [1.29, 1.82) is 0 Å². The smallest absolute Gasteiger partial charge is 0.132 e. The highest BCUT2D eigenvalue weighted by atomic mass is 15.2. The van der Waals surface area contributed by atoms with Gasteiger partial charge in [0.2, 0.25) is 0 Å². The third kappa shape index (κ3) is 3.06. The molecule has 0 radical (unpaired) electrons. The Morgan fingerprint density at radius 3 is 2.68 bits per heavy atom. The lowest BCUT2D eigenvalue weighted by molar-refractivity contribution is 0.272. The zero-order chi connectivity index (χ0) is 13.2. The minimum absolute atomic E-state index is 0.711. The van der Waals surface area contributed by atoms with Gasteiger partial charge in [0.1, 0.15) is 12.1 Å². The van der Waals surface area contributed by atoms with E-state index in [0.29, 0.717) is 5.92 Å². The van der Waals surface area contributed by atoms with Crippen molar-refractivity contribution in [2.24, 2.45) is 0 Å². The number of nitrogens with zero attached hydrogens (tertiary/aromatic N) is 4. The molecule has 1 saturated heterocycles. The summed E-state index contributed by atoms with van der Waals surface area (Å²) >= 11 is 0. The van der Waals surface area contributed by atoms with Crippen LogP contribution < -0.4 is 4.90 Å². The third-order valence-corrected chi connectivity index (χ3v) is 4.42. The van der Waals surface area contributed by atoms with E-state index in [0.717, 1.165) is 24.9 Å². The SMILES string of the molecule is CN(C)[C@@H]1CCCN(c2cc(C3CC3)ncn2)CC1. The Kier molecular flexibility index (Phi) is 3.69. The molecule has 1 aliphatic carbocycles. The largest absolute Gasteiger partial charge is 0.356 e. The molecule has 0 unspecified atom stereocenters.